The molecule has 0 aliphatic heterocycles. The standard InChI is InChI=1S/C11H13Br2NO2/c1-14(5-6-16-2)11(15)9-4-3-8(12)7-10(9)13/h3-4,7H,5-6H2,1-2H3. The first kappa shape index (κ1) is 13.7. The number of rotatable bonds is 4. The highest BCUT2D eigenvalue weighted by Crippen LogP contribution is 2.22. The van der Waals surface area contributed by atoms with Gasteiger partial charge in [0.25, 0.3) is 5.91 Å². The molecule has 0 aliphatic rings. The lowest BCUT2D eigenvalue weighted by molar-refractivity contribution is 0.0743. The van der Waals surface area contributed by atoms with Gasteiger partial charge in [0.05, 0.1) is 12.2 Å². The van der Waals surface area contributed by atoms with E-state index in [1.807, 2.05) is 12.1 Å². The highest BCUT2D eigenvalue weighted by Gasteiger charge is 2.14. The topological polar surface area (TPSA) is 29.5 Å². The van der Waals surface area contributed by atoms with E-state index in [2.05, 4.69) is 31.9 Å². The van der Waals surface area contributed by atoms with Crippen LogP contribution in [0.2, 0.25) is 0 Å². The minimum atomic E-state index is -0.0172. The Morgan fingerprint density at radius 1 is 1.44 bits per heavy atom. The largest absolute Gasteiger partial charge is 0.383 e. The number of nitrogens with zero attached hydrogens (tertiary/aromatic N) is 1. The number of benzene rings is 1. The molecule has 0 saturated carbocycles. The van der Waals surface area contributed by atoms with Gasteiger partial charge in [0.1, 0.15) is 0 Å². The van der Waals surface area contributed by atoms with Crippen LogP contribution in [0, 0.1) is 0 Å². The number of halogens is 2. The van der Waals surface area contributed by atoms with Gasteiger partial charge in [-0.25, -0.2) is 0 Å². The number of carbonyl (C=O) groups excluding carboxylic acids is 1. The third kappa shape index (κ3) is 3.57. The number of likely N-dealkylation sites (N-methyl/N-ethyl adjacent to an activating group) is 1. The maximum Gasteiger partial charge on any atom is 0.254 e. The Bertz CT molecular complexity index is 382. The van der Waals surface area contributed by atoms with Crippen molar-refractivity contribution in [2.45, 2.75) is 0 Å². The zero-order valence-corrected chi connectivity index (χ0v) is 12.3. The van der Waals surface area contributed by atoms with E-state index in [0.717, 1.165) is 8.95 Å². The first-order valence-corrected chi connectivity index (χ1v) is 6.34. The number of methoxy groups -OCH3 is 1. The van der Waals surface area contributed by atoms with Gasteiger partial charge in [0.15, 0.2) is 0 Å². The zero-order chi connectivity index (χ0) is 12.1. The summed E-state index contributed by atoms with van der Waals surface area (Å²) in [6.07, 6.45) is 0. The Hall–Kier alpha value is -0.390. The van der Waals surface area contributed by atoms with Crippen molar-refractivity contribution in [1.29, 1.82) is 0 Å². The molecule has 0 N–H and O–H groups in total. The van der Waals surface area contributed by atoms with Crippen molar-refractivity contribution in [3.63, 3.8) is 0 Å². The number of ether oxygens (including phenoxy) is 1. The molecule has 1 aromatic carbocycles. The summed E-state index contributed by atoms with van der Waals surface area (Å²) in [5.41, 5.74) is 0.654. The van der Waals surface area contributed by atoms with Crippen LogP contribution >= 0.6 is 31.9 Å². The number of hydrogen-bond donors (Lipinski definition) is 0. The molecule has 5 heteroatoms. The summed E-state index contributed by atoms with van der Waals surface area (Å²) in [5.74, 6) is -0.0172. The van der Waals surface area contributed by atoms with Crippen LogP contribution in [0.3, 0.4) is 0 Å². The Balaban J connectivity index is 2.79. The highest BCUT2D eigenvalue weighted by molar-refractivity contribution is 9.11. The highest BCUT2D eigenvalue weighted by atomic mass is 79.9. The molecule has 0 spiro atoms. The molecular formula is C11H13Br2NO2. The van der Waals surface area contributed by atoms with Crippen LogP contribution in [0.15, 0.2) is 27.1 Å². The maximum atomic E-state index is 12.0. The molecule has 1 rings (SSSR count). The van der Waals surface area contributed by atoms with E-state index in [9.17, 15) is 4.79 Å². The average molecular weight is 351 g/mol. The van der Waals surface area contributed by atoms with Crippen LogP contribution in [0.4, 0.5) is 0 Å². The SMILES string of the molecule is COCCN(C)C(=O)c1ccc(Br)cc1Br. The predicted octanol–water partition coefficient (Wildman–Crippen LogP) is 2.93. The fourth-order valence-electron chi connectivity index (χ4n) is 1.20. The molecule has 0 bridgehead atoms. The monoisotopic (exact) mass is 349 g/mol. The van der Waals surface area contributed by atoms with Gasteiger partial charge in [-0.15, -0.1) is 0 Å². The molecule has 0 fully saturated rings. The molecule has 3 nitrogen and oxygen atoms in total. The molecule has 0 aromatic heterocycles. The number of hydrogen-bond acceptors (Lipinski definition) is 2. The van der Waals surface area contributed by atoms with Gasteiger partial charge in [-0.1, -0.05) is 15.9 Å². The van der Waals surface area contributed by atoms with E-state index in [0.29, 0.717) is 18.7 Å². The van der Waals surface area contributed by atoms with Crippen LogP contribution in [-0.4, -0.2) is 38.1 Å². The van der Waals surface area contributed by atoms with E-state index in [4.69, 9.17) is 4.74 Å². The van der Waals surface area contributed by atoms with Crippen molar-refractivity contribution in [3.8, 4) is 0 Å². The third-order valence-electron chi connectivity index (χ3n) is 2.14. The third-order valence-corrected chi connectivity index (χ3v) is 3.29. The quantitative estimate of drug-likeness (QED) is 0.835. The average Bonchev–Trinajstić information content (AvgIpc) is 2.25. The first-order chi connectivity index (χ1) is 7.56. The van der Waals surface area contributed by atoms with Crippen LogP contribution in [0.5, 0.6) is 0 Å². The summed E-state index contributed by atoms with van der Waals surface area (Å²) >= 11 is 6.72. The summed E-state index contributed by atoms with van der Waals surface area (Å²) in [4.78, 5) is 13.6. The molecule has 1 aromatic rings. The van der Waals surface area contributed by atoms with Gasteiger partial charge < -0.3 is 9.64 Å². The van der Waals surface area contributed by atoms with Crippen molar-refractivity contribution < 1.29 is 9.53 Å². The lowest BCUT2D eigenvalue weighted by Gasteiger charge is -2.17. The van der Waals surface area contributed by atoms with Crippen molar-refractivity contribution in [1.82, 2.24) is 4.90 Å². The van der Waals surface area contributed by atoms with E-state index < -0.39 is 0 Å². The normalized spacial score (nSPS) is 10.2. The van der Waals surface area contributed by atoms with E-state index in [1.165, 1.54) is 0 Å². The second kappa shape index (κ2) is 6.37. The second-order valence-corrected chi connectivity index (χ2v) is 5.11. The fraction of sp³-hybridized carbons (Fsp3) is 0.364. The lowest BCUT2D eigenvalue weighted by Crippen LogP contribution is -2.30. The second-order valence-electron chi connectivity index (χ2n) is 3.34. The van der Waals surface area contributed by atoms with Crippen molar-refractivity contribution in [2.75, 3.05) is 27.3 Å². The van der Waals surface area contributed by atoms with Gasteiger partial charge in [-0.2, -0.15) is 0 Å². The molecule has 1 amide bonds. The van der Waals surface area contributed by atoms with Crippen molar-refractivity contribution in [2.24, 2.45) is 0 Å². The van der Waals surface area contributed by atoms with Gasteiger partial charge in [-0.05, 0) is 34.1 Å². The molecule has 16 heavy (non-hydrogen) atoms. The molecular weight excluding hydrogens is 338 g/mol. The summed E-state index contributed by atoms with van der Waals surface area (Å²) in [6.45, 7) is 1.12. The van der Waals surface area contributed by atoms with Crippen LogP contribution in [0.25, 0.3) is 0 Å². The molecule has 0 heterocycles. The van der Waals surface area contributed by atoms with Crippen LogP contribution in [-0.2, 0) is 4.74 Å². The summed E-state index contributed by atoms with van der Waals surface area (Å²) < 4.78 is 6.66. The fourth-order valence-corrected chi connectivity index (χ4v) is 2.41. The Morgan fingerprint density at radius 2 is 2.12 bits per heavy atom. The minimum Gasteiger partial charge on any atom is -0.383 e. The summed E-state index contributed by atoms with van der Waals surface area (Å²) in [6, 6.07) is 5.50. The van der Waals surface area contributed by atoms with Crippen molar-refractivity contribution in [3.05, 3.63) is 32.7 Å². The molecule has 0 unspecified atom stereocenters. The first-order valence-electron chi connectivity index (χ1n) is 4.75. The molecule has 0 atom stereocenters. The van der Waals surface area contributed by atoms with E-state index in [1.54, 1.807) is 25.1 Å². The number of carbonyl (C=O) groups is 1. The van der Waals surface area contributed by atoms with E-state index >= 15 is 0 Å². The van der Waals surface area contributed by atoms with Crippen molar-refractivity contribution >= 4 is 37.8 Å². The Kier molecular flexibility index (Phi) is 5.44. The smallest absolute Gasteiger partial charge is 0.254 e. The Labute approximate surface area is 112 Å². The van der Waals surface area contributed by atoms with Crippen LogP contribution < -0.4 is 0 Å². The molecule has 88 valence electrons. The van der Waals surface area contributed by atoms with Crippen LogP contribution in [0.1, 0.15) is 10.4 Å². The predicted molar refractivity (Wildman–Crippen MR) is 70.7 cm³/mol. The van der Waals surface area contributed by atoms with Gasteiger partial charge in [0.2, 0.25) is 0 Å². The number of amides is 1. The molecule has 0 aliphatic carbocycles. The Morgan fingerprint density at radius 3 is 2.69 bits per heavy atom. The minimum absolute atomic E-state index is 0.0172. The molecule has 0 saturated heterocycles. The maximum absolute atomic E-state index is 12.0. The van der Waals surface area contributed by atoms with Gasteiger partial charge in [-0.3, -0.25) is 4.79 Å². The zero-order valence-electron chi connectivity index (χ0n) is 9.17. The lowest BCUT2D eigenvalue weighted by atomic mass is 10.2. The summed E-state index contributed by atoms with van der Waals surface area (Å²) in [7, 11) is 3.38. The van der Waals surface area contributed by atoms with Gasteiger partial charge >= 0.3 is 0 Å². The van der Waals surface area contributed by atoms with E-state index in [-0.39, 0.29) is 5.91 Å². The summed E-state index contributed by atoms with van der Waals surface area (Å²) in [5, 5.41) is 0. The molecule has 0 radical (unpaired) electrons. The van der Waals surface area contributed by atoms with Gasteiger partial charge in [0, 0.05) is 29.6 Å².